The highest BCUT2D eigenvalue weighted by atomic mass is 16.7. The highest BCUT2D eigenvalue weighted by molar-refractivity contribution is 5.83. The molecule has 2 atom stereocenters. The topological polar surface area (TPSA) is 71.2 Å². The van der Waals surface area contributed by atoms with E-state index in [1.165, 1.54) is 5.56 Å². The van der Waals surface area contributed by atoms with Crippen molar-refractivity contribution in [3.05, 3.63) is 51.7 Å². The van der Waals surface area contributed by atoms with Gasteiger partial charge in [-0.05, 0) is 37.0 Å². The summed E-state index contributed by atoms with van der Waals surface area (Å²) in [6.45, 7) is 7.07. The first kappa shape index (κ1) is 18.4. The lowest BCUT2D eigenvalue weighted by Crippen LogP contribution is -2.35. The third-order valence-corrected chi connectivity index (χ3v) is 4.95. The molecule has 0 aliphatic carbocycles. The van der Waals surface area contributed by atoms with Crippen molar-refractivity contribution in [3.8, 4) is 0 Å². The van der Waals surface area contributed by atoms with Crippen LogP contribution in [0.25, 0.3) is 6.08 Å². The molecule has 2 heterocycles. The predicted octanol–water partition coefficient (Wildman–Crippen LogP) is 2.81. The number of nitro groups is 1. The second-order valence-corrected chi connectivity index (χ2v) is 6.89. The maximum atomic E-state index is 11.0. The minimum Gasteiger partial charge on any atom is -0.378 e. The summed E-state index contributed by atoms with van der Waals surface area (Å²) in [6, 6.07) is 8.19. The van der Waals surface area contributed by atoms with Crippen LogP contribution in [0.2, 0.25) is 0 Å². The van der Waals surface area contributed by atoms with E-state index >= 15 is 0 Å². The molecule has 1 aromatic rings. The summed E-state index contributed by atoms with van der Waals surface area (Å²) in [5.41, 5.74) is 2.39. The van der Waals surface area contributed by atoms with Gasteiger partial charge in [-0.2, -0.15) is 0 Å². The molecule has 2 aliphatic heterocycles. The van der Waals surface area contributed by atoms with Gasteiger partial charge in [-0.25, -0.2) is 10.1 Å². The first-order valence-electron chi connectivity index (χ1n) is 9.19. The van der Waals surface area contributed by atoms with E-state index in [9.17, 15) is 10.1 Å². The largest absolute Gasteiger partial charge is 0.378 e. The molecule has 0 aromatic heterocycles. The van der Waals surface area contributed by atoms with Crippen molar-refractivity contribution < 1.29 is 9.77 Å². The fraction of sp³-hybridized carbons (Fsp3) is 0.526. The van der Waals surface area contributed by atoms with Gasteiger partial charge in [-0.1, -0.05) is 31.2 Å². The van der Waals surface area contributed by atoms with E-state index in [0.29, 0.717) is 25.0 Å². The first-order valence-corrected chi connectivity index (χ1v) is 9.19. The number of nitrogens with zero attached hydrogens (tertiary/aromatic N) is 4. The van der Waals surface area contributed by atoms with Crippen molar-refractivity contribution in [1.82, 2.24) is 9.80 Å². The smallest absolute Gasteiger partial charge is 0.278 e. The number of hydrazone groups is 1. The van der Waals surface area contributed by atoms with E-state index in [1.54, 1.807) is 0 Å². The van der Waals surface area contributed by atoms with E-state index in [0.717, 1.165) is 31.5 Å². The lowest BCUT2D eigenvalue weighted by molar-refractivity contribution is -0.486. The molecule has 7 heteroatoms. The Kier molecular flexibility index (Phi) is 5.88. The van der Waals surface area contributed by atoms with Gasteiger partial charge in [0.05, 0.1) is 12.7 Å². The monoisotopic (exact) mass is 358 g/mol. The quantitative estimate of drug-likeness (QED) is 0.578. The first-order chi connectivity index (χ1) is 12.6. The van der Waals surface area contributed by atoms with Crippen LogP contribution in [0, 0.1) is 16.0 Å². The Labute approximate surface area is 154 Å². The van der Waals surface area contributed by atoms with Crippen LogP contribution in [-0.4, -0.2) is 53.1 Å². The van der Waals surface area contributed by atoms with Crippen molar-refractivity contribution in [2.75, 3.05) is 26.2 Å². The number of benzene rings is 1. The zero-order chi connectivity index (χ0) is 18.5. The summed E-state index contributed by atoms with van der Waals surface area (Å²) in [6.07, 6.45) is 6.12. The summed E-state index contributed by atoms with van der Waals surface area (Å²) in [5.74, 6) is 0.812. The third-order valence-electron chi connectivity index (χ3n) is 4.95. The Hall–Kier alpha value is -2.41. The van der Waals surface area contributed by atoms with E-state index in [4.69, 9.17) is 4.74 Å². The second kappa shape index (κ2) is 8.31. The molecule has 3 rings (SSSR count). The minimum atomic E-state index is -0.609. The summed E-state index contributed by atoms with van der Waals surface area (Å²) in [5, 5.41) is 14.1. The zero-order valence-electron chi connectivity index (χ0n) is 15.4. The number of ether oxygens (including phenoxy) is 1. The maximum Gasteiger partial charge on any atom is 0.278 e. The van der Waals surface area contributed by atoms with E-state index in [-0.39, 0.29) is 6.10 Å². The van der Waals surface area contributed by atoms with Crippen LogP contribution in [0.5, 0.6) is 0 Å². The molecule has 2 aliphatic rings. The average Bonchev–Trinajstić information content (AvgIpc) is 3.20. The Morgan fingerprint density at radius 3 is 2.88 bits per heavy atom. The van der Waals surface area contributed by atoms with E-state index < -0.39 is 5.03 Å². The maximum absolute atomic E-state index is 11.0. The number of hydrogen-bond donors (Lipinski definition) is 0. The SMILES string of the molecule is CCc1ccccc1C=CN1CCN(CC2COC(C)C2)C1=N[N+](=O)[O-]. The molecular formula is C19H26N4O3. The van der Waals surface area contributed by atoms with Crippen LogP contribution in [0.4, 0.5) is 0 Å². The Morgan fingerprint density at radius 1 is 1.38 bits per heavy atom. The summed E-state index contributed by atoms with van der Waals surface area (Å²) in [7, 11) is 0. The van der Waals surface area contributed by atoms with Gasteiger partial charge >= 0.3 is 0 Å². The Morgan fingerprint density at radius 2 is 2.19 bits per heavy atom. The Balaban J connectivity index is 1.74. The van der Waals surface area contributed by atoms with Gasteiger partial charge in [0.2, 0.25) is 0 Å². The molecule has 0 radical (unpaired) electrons. The van der Waals surface area contributed by atoms with Crippen LogP contribution in [0.3, 0.4) is 0 Å². The highest BCUT2D eigenvalue weighted by Crippen LogP contribution is 2.22. The number of hydrogen-bond acceptors (Lipinski definition) is 3. The van der Waals surface area contributed by atoms with Crippen molar-refractivity contribution in [2.45, 2.75) is 32.8 Å². The number of guanidine groups is 1. The molecule has 0 spiro atoms. The summed E-state index contributed by atoms with van der Waals surface area (Å²) >= 11 is 0. The molecule has 140 valence electrons. The molecule has 0 saturated carbocycles. The lowest BCUT2D eigenvalue weighted by atomic mass is 10.1. The molecule has 2 unspecified atom stereocenters. The third kappa shape index (κ3) is 4.40. The Bertz CT molecular complexity index is 704. The summed E-state index contributed by atoms with van der Waals surface area (Å²) < 4.78 is 5.62. The van der Waals surface area contributed by atoms with Crippen molar-refractivity contribution in [3.63, 3.8) is 0 Å². The van der Waals surface area contributed by atoms with Gasteiger partial charge in [0.15, 0.2) is 5.03 Å². The fourth-order valence-electron chi connectivity index (χ4n) is 3.65. The number of rotatable bonds is 6. The van der Waals surface area contributed by atoms with Crippen molar-refractivity contribution >= 4 is 12.0 Å². The standard InChI is InChI=1S/C19H26N4O3/c1-3-17-6-4-5-7-18(17)8-9-21-10-11-22(19(21)20-23(24)25)13-16-12-15(2)26-14-16/h4-9,15-16H,3,10-14H2,1-2H3. The van der Waals surface area contributed by atoms with Gasteiger partial charge in [-0.3, -0.25) is 0 Å². The predicted molar refractivity (Wildman–Crippen MR) is 101 cm³/mol. The minimum absolute atomic E-state index is 0.264. The van der Waals surface area contributed by atoms with Crippen LogP contribution in [-0.2, 0) is 11.2 Å². The normalized spacial score (nSPS) is 24.9. The molecule has 2 fully saturated rings. The van der Waals surface area contributed by atoms with Gasteiger partial charge in [0, 0.05) is 31.8 Å². The molecular weight excluding hydrogens is 332 g/mol. The van der Waals surface area contributed by atoms with E-state index in [1.807, 2.05) is 34.2 Å². The van der Waals surface area contributed by atoms with Gasteiger partial charge in [0.1, 0.15) is 5.10 Å². The van der Waals surface area contributed by atoms with Crippen LogP contribution in [0.15, 0.2) is 35.6 Å². The average molecular weight is 358 g/mol. The van der Waals surface area contributed by atoms with Crippen LogP contribution < -0.4 is 0 Å². The van der Waals surface area contributed by atoms with Crippen molar-refractivity contribution in [1.29, 1.82) is 0 Å². The number of aryl methyl sites for hydroxylation is 1. The molecule has 26 heavy (non-hydrogen) atoms. The summed E-state index contributed by atoms with van der Waals surface area (Å²) in [4.78, 5) is 14.9. The molecule has 0 amide bonds. The molecule has 2 saturated heterocycles. The van der Waals surface area contributed by atoms with Crippen molar-refractivity contribution in [2.24, 2.45) is 11.0 Å². The molecule has 0 N–H and O–H groups in total. The molecule has 0 bridgehead atoms. The zero-order valence-corrected chi connectivity index (χ0v) is 15.4. The molecule has 7 nitrogen and oxygen atoms in total. The fourth-order valence-corrected chi connectivity index (χ4v) is 3.65. The second-order valence-electron chi connectivity index (χ2n) is 6.89. The van der Waals surface area contributed by atoms with Gasteiger partial charge in [-0.15, -0.1) is 0 Å². The highest BCUT2D eigenvalue weighted by Gasteiger charge is 2.32. The van der Waals surface area contributed by atoms with E-state index in [2.05, 4.69) is 31.1 Å². The van der Waals surface area contributed by atoms with Crippen LogP contribution >= 0.6 is 0 Å². The van der Waals surface area contributed by atoms with Gasteiger partial charge in [0.25, 0.3) is 5.96 Å². The lowest BCUT2D eigenvalue weighted by Gasteiger charge is -2.21. The van der Waals surface area contributed by atoms with Crippen LogP contribution in [0.1, 0.15) is 31.4 Å². The molecule has 1 aromatic carbocycles. The van der Waals surface area contributed by atoms with Gasteiger partial charge < -0.3 is 14.5 Å².